The third-order valence-corrected chi connectivity index (χ3v) is 5.28. The van der Waals surface area contributed by atoms with E-state index in [1.807, 2.05) is 0 Å². The molecule has 1 saturated carbocycles. The molecule has 0 aromatic rings. The first-order chi connectivity index (χ1) is 10.5. The molecule has 1 aliphatic carbocycles. The fourth-order valence-corrected chi connectivity index (χ4v) is 3.81. The molecule has 0 unspecified atom stereocenters. The van der Waals surface area contributed by atoms with Crippen molar-refractivity contribution in [1.29, 1.82) is 0 Å². The summed E-state index contributed by atoms with van der Waals surface area (Å²) in [6.45, 7) is 8.42. The summed E-state index contributed by atoms with van der Waals surface area (Å²) in [5.41, 5.74) is 0.156. The van der Waals surface area contributed by atoms with Crippen molar-refractivity contribution in [1.82, 2.24) is 15.5 Å². The van der Waals surface area contributed by atoms with Gasteiger partial charge in [0.15, 0.2) is 0 Å². The topological polar surface area (TPSA) is 64.6 Å². The number of carbonyl (C=O) groups is 1. The van der Waals surface area contributed by atoms with Gasteiger partial charge < -0.3 is 15.7 Å². The number of aliphatic hydroxyl groups is 1. The number of aliphatic hydroxyl groups excluding tert-OH is 1. The number of nitrogens with one attached hydrogen (secondary N) is 2. The van der Waals surface area contributed by atoms with Gasteiger partial charge in [0, 0.05) is 32.3 Å². The average Bonchev–Trinajstić information content (AvgIpc) is 2.85. The molecule has 0 aromatic carbocycles. The van der Waals surface area contributed by atoms with Gasteiger partial charge in [-0.2, -0.15) is 0 Å². The van der Waals surface area contributed by atoms with Crippen LogP contribution in [-0.2, 0) is 0 Å². The van der Waals surface area contributed by atoms with Crippen LogP contribution in [0.3, 0.4) is 0 Å². The SMILES string of the molecule is CC(C)CN1CCC[C@H]1CNC(=O)NCC1(CCO)CCC1. The summed E-state index contributed by atoms with van der Waals surface area (Å²) in [6.07, 6.45) is 6.69. The van der Waals surface area contributed by atoms with Crippen LogP contribution in [-0.4, -0.2) is 54.9 Å². The Kier molecular flexibility index (Phi) is 6.50. The number of hydrogen-bond acceptors (Lipinski definition) is 3. The van der Waals surface area contributed by atoms with E-state index in [0.717, 1.165) is 38.9 Å². The molecular formula is C17H33N3O2. The van der Waals surface area contributed by atoms with Gasteiger partial charge in [0.1, 0.15) is 0 Å². The van der Waals surface area contributed by atoms with E-state index in [-0.39, 0.29) is 18.1 Å². The Morgan fingerprint density at radius 1 is 1.32 bits per heavy atom. The van der Waals surface area contributed by atoms with Crippen molar-refractivity contribution in [3.63, 3.8) is 0 Å². The van der Waals surface area contributed by atoms with Crippen LogP contribution in [0.4, 0.5) is 4.79 Å². The van der Waals surface area contributed by atoms with Gasteiger partial charge in [-0.1, -0.05) is 20.3 Å². The first-order valence-electron chi connectivity index (χ1n) is 8.91. The number of nitrogens with zero attached hydrogens (tertiary/aromatic N) is 1. The summed E-state index contributed by atoms with van der Waals surface area (Å²) < 4.78 is 0. The normalized spacial score (nSPS) is 24.3. The number of likely N-dealkylation sites (tertiary alicyclic amines) is 1. The third kappa shape index (κ3) is 4.85. The highest BCUT2D eigenvalue weighted by atomic mass is 16.3. The van der Waals surface area contributed by atoms with E-state index < -0.39 is 0 Å². The molecule has 2 aliphatic rings. The minimum Gasteiger partial charge on any atom is -0.396 e. The van der Waals surface area contributed by atoms with Gasteiger partial charge in [-0.25, -0.2) is 4.79 Å². The van der Waals surface area contributed by atoms with Crippen LogP contribution in [0.1, 0.15) is 52.4 Å². The predicted octanol–water partition coefficient (Wildman–Crippen LogP) is 1.96. The molecule has 3 N–H and O–H groups in total. The van der Waals surface area contributed by atoms with Crippen LogP contribution in [0.15, 0.2) is 0 Å². The zero-order valence-electron chi connectivity index (χ0n) is 14.2. The summed E-state index contributed by atoms with van der Waals surface area (Å²) in [4.78, 5) is 14.5. The molecule has 1 aliphatic heterocycles. The van der Waals surface area contributed by atoms with Gasteiger partial charge in [0.05, 0.1) is 0 Å². The molecule has 2 rings (SSSR count). The Hall–Kier alpha value is -0.810. The summed E-state index contributed by atoms with van der Waals surface area (Å²) in [5.74, 6) is 0.673. The molecule has 22 heavy (non-hydrogen) atoms. The van der Waals surface area contributed by atoms with Gasteiger partial charge in [0.2, 0.25) is 0 Å². The van der Waals surface area contributed by atoms with Gasteiger partial charge in [-0.15, -0.1) is 0 Å². The fraction of sp³-hybridized carbons (Fsp3) is 0.941. The van der Waals surface area contributed by atoms with Crippen molar-refractivity contribution in [3.8, 4) is 0 Å². The van der Waals surface area contributed by atoms with E-state index in [0.29, 0.717) is 18.5 Å². The summed E-state index contributed by atoms with van der Waals surface area (Å²) in [5, 5.41) is 15.2. The van der Waals surface area contributed by atoms with Crippen LogP contribution >= 0.6 is 0 Å². The van der Waals surface area contributed by atoms with Crippen molar-refractivity contribution in [2.24, 2.45) is 11.3 Å². The summed E-state index contributed by atoms with van der Waals surface area (Å²) in [6, 6.07) is 0.434. The van der Waals surface area contributed by atoms with Crippen LogP contribution in [0.2, 0.25) is 0 Å². The van der Waals surface area contributed by atoms with Crippen molar-refractivity contribution in [3.05, 3.63) is 0 Å². The average molecular weight is 311 g/mol. The maximum Gasteiger partial charge on any atom is 0.314 e. The Morgan fingerprint density at radius 3 is 2.68 bits per heavy atom. The zero-order valence-corrected chi connectivity index (χ0v) is 14.2. The van der Waals surface area contributed by atoms with Crippen LogP contribution in [0.5, 0.6) is 0 Å². The van der Waals surface area contributed by atoms with Crippen LogP contribution in [0.25, 0.3) is 0 Å². The van der Waals surface area contributed by atoms with Gasteiger partial charge in [-0.3, -0.25) is 4.90 Å². The van der Waals surface area contributed by atoms with E-state index >= 15 is 0 Å². The Bertz CT molecular complexity index is 356. The molecule has 128 valence electrons. The largest absolute Gasteiger partial charge is 0.396 e. The third-order valence-electron chi connectivity index (χ3n) is 5.28. The second-order valence-electron chi connectivity index (χ2n) is 7.58. The van der Waals surface area contributed by atoms with Gasteiger partial charge in [0.25, 0.3) is 0 Å². The molecule has 5 heteroatoms. The lowest BCUT2D eigenvalue weighted by atomic mass is 9.67. The molecule has 0 spiro atoms. The predicted molar refractivity (Wildman–Crippen MR) is 88.8 cm³/mol. The molecule has 5 nitrogen and oxygen atoms in total. The molecule has 0 radical (unpaired) electrons. The molecule has 0 bridgehead atoms. The molecule has 1 saturated heterocycles. The monoisotopic (exact) mass is 311 g/mol. The summed E-state index contributed by atoms with van der Waals surface area (Å²) >= 11 is 0. The molecule has 2 amide bonds. The fourth-order valence-electron chi connectivity index (χ4n) is 3.81. The van der Waals surface area contributed by atoms with E-state index in [2.05, 4.69) is 29.4 Å². The number of urea groups is 1. The summed E-state index contributed by atoms with van der Waals surface area (Å²) in [7, 11) is 0. The van der Waals surface area contributed by atoms with E-state index in [1.54, 1.807) is 0 Å². The zero-order chi connectivity index (χ0) is 16.0. The maximum atomic E-state index is 12.0. The van der Waals surface area contributed by atoms with E-state index in [1.165, 1.54) is 19.3 Å². The quantitative estimate of drug-likeness (QED) is 0.642. The minimum atomic E-state index is -0.0550. The Morgan fingerprint density at radius 2 is 2.09 bits per heavy atom. The standard InChI is InChI=1S/C17H33N3O2/c1-14(2)12-20-9-3-5-15(20)11-18-16(22)19-13-17(8-10-21)6-4-7-17/h14-15,21H,3-13H2,1-2H3,(H2,18,19,22)/t15-/m0/s1. The van der Waals surface area contributed by atoms with E-state index in [4.69, 9.17) is 5.11 Å². The smallest absolute Gasteiger partial charge is 0.314 e. The Balaban J connectivity index is 1.67. The number of amides is 2. The minimum absolute atomic E-state index is 0.0550. The van der Waals surface area contributed by atoms with Crippen LogP contribution in [0, 0.1) is 11.3 Å². The highest BCUT2D eigenvalue weighted by Gasteiger charge is 2.36. The lowest BCUT2D eigenvalue weighted by molar-refractivity contribution is 0.0883. The second-order valence-corrected chi connectivity index (χ2v) is 7.58. The number of hydrogen-bond donors (Lipinski definition) is 3. The molecule has 1 heterocycles. The highest BCUT2D eigenvalue weighted by molar-refractivity contribution is 5.73. The first kappa shape index (κ1) is 17.5. The van der Waals surface area contributed by atoms with E-state index in [9.17, 15) is 4.79 Å². The first-order valence-corrected chi connectivity index (χ1v) is 8.91. The van der Waals surface area contributed by atoms with Gasteiger partial charge >= 0.3 is 6.03 Å². The van der Waals surface area contributed by atoms with Crippen LogP contribution < -0.4 is 10.6 Å². The molecule has 0 aromatic heterocycles. The van der Waals surface area contributed by atoms with Crippen molar-refractivity contribution >= 4 is 6.03 Å². The van der Waals surface area contributed by atoms with Gasteiger partial charge in [-0.05, 0) is 50.0 Å². The molecule has 2 fully saturated rings. The number of carbonyl (C=O) groups excluding carboxylic acids is 1. The lowest BCUT2D eigenvalue weighted by Gasteiger charge is -2.41. The van der Waals surface area contributed by atoms with Crippen molar-refractivity contribution in [2.75, 3.05) is 32.8 Å². The maximum absolute atomic E-state index is 12.0. The molecule has 1 atom stereocenters. The Labute approximate surface area is 134 Å². The van der Waals surface area contributed by atoms with Crippen molar-refractivity contribution in [2.45, 2.75) is 58.4 Å². The number of rotatable bonds is 8. The van der Waals surface area contributed by atoms with Crippen molar-refractivity contribution < 1.29 is 9.90 Å². The molecular weight excluding hydrogens is 278 g/mol. The lowest BCUT2D eigenvalue weighted by Crippen LogP contribution is -2.48. The second kappa shape index (κ2) is 8.16. The highest BCUT2D eigenvalue weighted by Crippen LogP contribution is 2.43.